The lowest BCUT2D eigenvalue weighted by Crippen LogP contribution is -2.48. The normalized spacial score (nSPS) is 19.4. The van der Waals surface area contributed by atoms with Crippen LogP contribution >= 0.6 is 0 Å². The van der Waals surface area contributed by atoms with Crippen LogP contribution in [0.25, 0.3) is 0 Å². The molecule has 0 unspecified atom stereocenters. The molecule has 1 aliphatic rings. The molecule has 1 heterocycles. The number of unbranched alkanes of at least 4 members (excludes halogenated alkanes) is 2. The summed E-state index contributed by atoms with van der Waals surface area (Å²) < 4.78 is 0. The van der Waals surface area contributed by atoms with E-state index in [1.54, 1.807) is 0 Å². The molecule has 102 valence electrons. The summed E-state index contributed by atoms with van der Waals surface area (Å²) >= 11 is 0. The molecule has 1 saturated heterocycles. The first kappa shape index (κ1) is 15.0. The summed E-state index contributed by atoms with van der Waals surface area (Å²) in [6, 6.07) is 0.725. The Morgan fingerprint density at radius 3 is 2.00 bits per heavy atom. The van der Waals surface area contributed by atoms with Gasteiger partial charge in [-0.3, -0.25) is 4.90 Å². The molecule has 0 saturated carbocycles. The summed E-state index contributed by atoms with van der Waals surface area (Å²) in [5.41, 5.74) is 0. The smallest absolute Gasteiger partial charge is 0.0113 e. The van der Waals surface area contributed by atoms with Crippen LogP contribution in [0.5, 0.6) is 0 Å². The zero-order valence-corrected chi connectivity index (χ0v) is 12.4. The van der Waals surface area contributed by atoms with Gasteiger partial charge in [0.1, 0.15) is 0 Å². The Morgan fingerprint density at radius 1 is 0.824 bits per heavy atom. The van der Waals surface area contributed by atoms with E-state index >= 15 is 0 Å². The van der Waals surface area contributed by atoms with Gasteiger partial charge in [-0.2, -0.15) is 0 Å². The molecule has 1 rings (SSSR count). The Morgan fingerprint density at radius 2 is 1.47 bits per heavy atom. The van der Waals surface area contributed by atoms with Gasteiger partial charge in [-0.05, 0) is 32.7 Å². The summed E-state index contributed by atoms with van der Waals surface area (Å²) in [7, 11) is 0. The van der Waals surface area contributed by atoms with Crippen molar-refractivity contribution in [2.24, 2.45) is 5.92 Å². The van der Waals surface area contributed by atoms with Gasteiger partial charge in [0.2, 0.25) is 0 Å². The third-order valence-corrected chi connectivity index (χ3v) is 3.89. The van der Waals surface area contributed by atoms with Crippen LogP contribution in [-0.4, -0.2) is 48.6 Å². The summed E-state index contributed by atoms with van der Waals surface area (Å²) in [5, 5.41) is 0. The molecule has 0 aliphatic carbocycles. The van der Waals surface area contributed by atoms with Gasteiger partial charge < -0.3 is 4.90 Å². The zero-order chi connectivity index (χ0) is 12.7. The summed E-state index contributed by atoms with van der Waals surface area (Å²) in [4.78, 5) is 5.24. The average Bonchev–Trinajstić information content (AvgIpc) is 2.29. The number of nitrogens with zero attached hydrogens (tertiary/aromatic N) is 2. The highest BCUT2D eigenvalue weighted by Crippen LogP contribution is 2.10. The Hall–Kier alpha value is -0.0800. The molecule has 0 aromatic rings. The van der Waals surface area contributed by atoms with Gasteiger partial charge in [0.25, 0.3) is 0 Å². The maximum Gasteiger partial charge on any atom is 0.0113 e. The predicted octanol–water partition coefficient (Wildman–Crippen LogP) is 3.23. The second-order valence-corrected chi connectivity index (χ2v) is 6.21. The molecule has 2 heteroatoms. The largest absolute Gasteiger partial charge is 0.301 e. The molecule has 0 bridgehead atoms. The van der Waals surface area contributed by atoms with Crippen LogP contribution in [0.2, 0.25) is 0 Å². The monoisotopic (exact) mass is 240 g/mol. The second kappa shape index (κ2) is 8.10. The molecule has 0 N–H and O–H groups in total. The molecule has 0 aromatic carbocycles. The second-order valence-electron chi connectivity index (χ2n) is 6.21. The third-order valence-electron chi connectivity index (χ3n) is 3.89. The average molecular weight is 240 g/mol. The fraction of sp³-hybridized carbons (Fsp3) is 1.00. The van der Waals surface area contributed by atoms with Crippen molar-refractivity contribution in [1.82, 2.24) is 9.80 Å². The molecule has 17 heavy (non-hydrogen) atoms. The van der Waals surface area contributed by atoms with Gasteiger partial charge in [0, 0.05) is 32.2 Å². The van der Waals surface area contributed by atoms with Crippen LogP contribution < -0.4 is 0 Å². The topological polar surface area (TPSA) is 6.48 Å². The standard InChI is InChI=1S/C15H32N2/c1-14(2)8-6-5-7-9-16-10-12-17(13-11-16)15(3)4/h14-15H,5-13H2,1-4H3. The zero-order valence-electron chi connectivity index (χ0n) is 12.4. The van der Waals surface area contributed by atoms with Crippen molar-refractivity contribution < 1.29 is 0 Å². The van der Waals surface area contributed by atoms with Crippen LogP contribution in [0.4, 0.5) is 0 Å². The van der Waals surface area contributed by atoms with Crippen LogP contribution in [0.3, 0.4) is 0 Å². The highest BCUT2D eigenvalue weighted by atomic mass is 15.3. The van der Waals surface area contributed by atoms with E-state index in [4.69, 9.17) is 0 Å². The highest BCUT2D eigenvalue weighted by Gasteiger charge is 2.17. The van der Waals surface area contributed by atoms with E-state index < -0.39 is 0 Å². The third kappa shape index (κ3) is 6.42. The van der Waals surface area contributed by atoms with Crippen molar-refractivity contribution in [2.75, 3.05) is 32.7 Å². The Balaban J connectivity index is 1.99. The Labute approximate surface area is 108 Å². The fourth-order valence-corrected chi connectivity index (χ4v) is 2.57. The Kier molecular flexibility index (Phi) is 7.14. The maximum atomic E-state index is 2.65. The number of hydrogen-bond acceptors (Lipinski definition) is 2. The first-order valence-electron chi connectivity index (χ1n) is 7.56. The van der Waals surface area contributed by atoms with E-state index in [9.17, 15) is 0 Å². The number of rotatable bonds is 7. The van der Waals surface area contributed by atoms with Gasteiger partial charge in [0.15, 0.2) is 0 Å². The minimum Gasteiger partial charge on any atom is -0.301 e. The first-order valence-corrected chi connectivity index (χ1v) is 7.56. The van der Waals surface area contributed by atoms with Crippen molar-refractivity contribution in [2.45, 2.75) is 59.4 Å². The lowest BCUT2D eigenvalue weighted by Gasteiger charge is -2.36. The molecular formula is C15H32N2. The van der Waals surface area contributed by atoms with E-state index in [0.29, 0.717) is 0 Å². The number of hydrogen-bond donors (Lipinski definition) is 0. The summed E-state index contributed by atoms with van der Waals surface area (Å²) in [6.07, 6.45) is 5.64. The molecule has 2 nitrogen and oxygen atoms in total. The van der Waals surface area contributed by atoms with Crippen molar-refractivity contribution in [1.29, 1.82) is 0 Å². The van der Waals surface area contributed by atoms with Crippen molar-refractivity contribution in [3.63, 3.8) is 0 Å². The maximum absolute atomic E-state index is 2.65. The lowest BCUT2D eigenvalue weighted by atomic mass is 10.1. The van der Waals surface area contributed by atoms with E-state index in [-0.39, 0.29) is 0 Å². The predicted molar refractivity (Wildman–Crippen MR) is 76.5 cm³/mol. The van der Waals surface area contributed by atoms with E-state index in [2.05, 4.69) is 37.5 Å². The SMILES string of the molecule is CC(C)CCCCCN1CCN(C(C)C)CC1. The van der Waals surface area contributed by atoms with Gasteiger partial charge in [-0.15, -0.1) is 0 Å². The Bertz CT molecular complexity index is 181. The van der Waals surface area contributed by atoms with Gasteiger partial charge in [-0.25, -0.2) is 0 Å². The number of piperazine rings is 1. The van der Waals surface area contributed by atoms with Gasteiger partial charge in [-0.1, -0.05) is 33.1 Å². The van der Waals surface area contributed by atoms with E-state index in [1.807, 2.05) is 0 Å². The quantitative estimate of drug-likeness (QED) is 0.630. The first-order chi connectivity index (χ1) is 8.09. The molecule has 0 radical (unpaired) electrons. The van der Waals surface area contributed by atoms with Crippen LogP contribution in [-0.2, 0) is 0 Å². The molecule has 0 spiro atoms. The molecule has 1 fully saturated rings. The minimum absolute atomic E-state index is 0.725. The van der Waals surface area contributed by atoms with E-state index in [1.165, 1.54) is 58.4 Å². The van der Waals surface area contributed by atoms with Crippen molar-refractivity contribution in [3.05, 3.63) is 0 Å². The highest BCUT2D eigenvalue weighted by molar-refractivity contribution is 4.73. The van der Waals surface area contributed by atoms with Crippen LogP contribution in [0.1, 0.15) is 53.4 Å². The van der Waals surface area contributed by atoms with Crippen LogP contribution in [0, 0.1) is 5.92 Å². The van der Waals surface area contributed by atoms with Gasteiger partial charge in [0.05, 0.1) is 0 Å². The molecule has 0 amide bonds. The van der Waals surface area contributed by atoms with E-state index in [0.717, 1.165) is 12.0 Å². The molecular weight excluding hydrogens is 208 g/mol. The summed E-state index contributed by atoms with van der Waals surface area (Å²) in [6.45, 7) is 15.7. The minimum atomic E-state index is 0.725. The molecule has 0 atom stereocenters. The molecule has 1 aliphatic heterocycles. The van der Waals surface area contributed by atoms with Crippen molar-refractivity contribution >= 4 is 0 Å². The van der Waals surface area contributed by atoms with Crippen molar-refractivity contribution in [3.8, 4) is 0 Å². The fourth-order valence-electron chi connectivity index (χ4n) is 2.57. The summed E-state index contributed by atoms with van der Waals surface area (Å²) in [5.74, 6) is 0.879. The van der Waals surface area contributed by atoms with Gasteiger partial charge >= 0.3 is 0 Å². The van der Waals surface area contributed by atoms with Crippen LogP contribution in [0.15, 0.2) is 0 Å². The molecule has 0 aromatic heterocycles. The lowest BCUT2D eigenvalue weighted by molar-refractivity contribution is 0.107.